The van der Waals surface area contributed by atoms with Crippen LogP contribution in [0.3, 0.4) is 0 Å². The lowest BCUT2D eigenvalue weighted by Crippen LogP contribution is -2.52. The van der Waals surface area contributed by atoms with Gasteiger partial charge in [0.05, 0.1) is 11.9 Å². The summed E-state index contributed by atoms with van der Waals surface area (Å²) in [5.74, 6) is -0.797. The Morgan fingerprint density at radius 3 is 2.13 bits per heavy atom. The lowest BCUT2D eigenvalue weighted by Gasteiger charge is -2.33. The predicted octanol–water partition coefficient (Wildman–Crippen LogP) is 4.30. The molecule has 0 saturated carbocycles. The number of fused-ring (bicyclic) bond motifs is 1. The van der Waals surface area contributed by atoms with Gasteiger partial charge in [-0.25, -0.2) is 8.42 Å². The van der Waals surface area contributed by atoms with E-state index in [0.29, 0.717) is 5.69 Å². The molecule has 202 valence electrons. The summed E-state index contributed by atoms with van der Waals surface area (Å²) in [4.78, 5) is 28.8. The zero-order valence-corrected chi connectivity index (χ0v) is 23.2. The molecule has 0 heterocycles. The van der Waals surface area contributed by atoms with Crippen LogP contribution in [0.4, 0.5) is 5.69 Å². The molecule has 7 nitrogen and oxygen atoms in total. The molecule has 0 radical (unpaired) electrons. The Hall–Kier alpha value is -4.17. The van der Waals surface area contributed by atoms with Crippen LogP contribution in [0, 0.1) is 6.92 Å². The average molecular weight is 544 g/mol. The number of carbonyl (C=O) groups excluding carboxylic acids is 2. The molecule has 1 atom stereocenters. The molecule has 0 aliphatic heterocycles. The van der Waals surface area contributed by atoms with Crippen molar-refractivity contribution in [3.8, 4) is 0 Å². The van der Waals surface area contributed by atoms with Crippen molar-refractivity contribution in [3.05, 3.63) is 114 Å². The summed E-state index contributed by atoms with van der Waals surface area (Å²) < 4.78 is 27.2. The van der Waals surface area contributed by atoms with E-state index in [1.807, 2.05) is 91.9 Å². The fraction of sp³-hybridized carbons (Fsp3) is 0.226. The molecule has 1 unspecified atom stereocenters. The highest BCUT2D eigenvalue weighted by molar-refractivity contribution is 7.92. The maximum absolute atomic E-state index is 14.1. The van der Waals surface area contributed by atoms with Gasteiger partial charge in [-0.1, -0.05) is 96.6 Å². The van der Waals surface area contributed by atoms with E-state index in [0.717, 1.165) is 38.0 Å². The third-order valence-electron chi connectivity index (χ3n) is 6.71. The number of hydrogen-bond acceptors (Lipinski definition) is 4. The summed E-state index contributed by atoms with van der Waals surface area (Å²) in [5.41, 5.74) is 3.22. The highest BCUT2D eigenvalue weighted by Gasteiger charge is 2.33. The molecule has 0 aromatic heterocycles. The van der Waals surface area contributed by atoms with Gasteiger partial charge in [0.25, 0.3) is 0 Å². The molecule has 8 heteroatoms. The largest absolute Gasteiger partial charge is 0.357 e. The van der Waals surface area contributed by atoms with Crippen LogP contribution in [-0.4, -0.2) is 51.0 Å². The average Bonchev–Trinajstić information content (AvgIpc) is 2.93. The van der Waals surface area contributed by atoms with Crippen molar-refractivity contribution in [1.82, 2.24) is 10.2 Å². The van der Waals surface area contributed by atoms with Crippen LogP contribution >= 0.6 is 0 Å². The minimum atomic E-state index is -3.84. The van der Waals surface area contributed by atoms with Gasteiger partial charge in [-0.05, 0) is 29.5 Å². The molecule has 1 N–H and O–H groups in total. The van der Waals surface area contributed by atoms with E-state index in [1.54, 1.807) is 12.1 Å². The summed E-state index contributed by atoms with van der Waals surface area (Å²) in [6.07, 6.45) is 1.37. The van der Waals surface area contributed by atoms with Crippen LogP contribution in [0.25, 0.3) is 10.8 Å². The van der Waals surface area contributed by atoms with Crippen molar-refractivity contribution in [2.45, 2.75) is 25.9 Å². The van der Waals surface area contributed by atoms with Gasteiger partial charge in [-0.15, -0.1) is 0 Å². The monoisotopic (exact) mass is 543 g/mol. The summed E-state index contributed by atoms with van der Waals surface area (Å²) in [7, 11) is -2.31. The Labute approximate surface area is 230 Å². The van der Waals surface area contributed by atoms with Gasteiger partial charge in [0.1, 0.15) is 12.6 Å². The SMILES string of the molecule is CNC(=O)C(Cc1ccccc1)N(Cc1ccc(C)cc1)C(=O)CN(c1cccc2ccccc12)S(C)(=O)=O. The third-order valence-corrected chi connectivity index (χ3v) is 7.83. The van der Waals surface area contributed by atoms with Crippen LogP contribution in [0.15, 0.2) is 97.1 Å². The molecular weight excluding hydrogens is 510 g/mol. The number of hydrogen-bond donors (Lipinski definition) is 1. The maximum Gasteiger partial charge on any atom is 0.244 e. The van der Waals surface area contributed by atoms with Crippen molar-refractivity contribution < 1.29 is 18.0 Å². The first-order valence-electron chi connectivity index (χ1n) is 12.7. The summed E-state index contributed by atoms with van der Waals surface area (Å²) in [6, 6.07) is 29.1. The van der Waals surface area contributed by atoms with Crippen molar-refractivity contribution >= 4 is 38.3 Å². The van der Waals surface area contributed by atoms with E-state index in [2.05, 4.69) is 5.32 Å². The summed E-state index contributed by atoms with van der Waals surface area (Å²) >= 11 is 0. The standard InChI is InChI=1S/C31H33N3O4S/c1-23-16-18-25(19-17-23)21-33(29(31(36)32-2)20-24-10-5-4-6-11-24)30(35)22-34(39(3,37)38)28-15-9-13-26-12-7-8-14-27(26)28/h4-19,29H,20-22H2,1-3H3,(H,32,36). The van der Waals surface area contributed by atoms with E-state index in [4.69, 9.17) is 0 Å². The van der Waals surface area contributed by atoms with Crippen molar-refractivity contribution in [2.24, 2.45) is 0 Å². The minimum absolute atomic E-state index is 0.150. The molecule has 4 rings (SSSR count). The first-order chi connectivity index (χ1) is 18.7. The number of carbonyl (C=O) groups is 2. The van der Waals surface area contributed by atoms with E-state index < -0.39 is 28.5 Å². The van der Waals surface area contributed by atoms with E-state index in [1.165, 1.54) is 11.9 Å². The minimum Gasteiger partial charge on any atom is -0.357 e. The molecule has 0 bridgehead atoms. The lowest BCUT2D eigenvalue weighted by atomic mass is 10.0. The predicted molar refractivity (Wildman–Crippen MR) is 156 cm³/mol. The molecule has 0 aliphatic rings. The Morgan fingerprint density at radius 2 is 1.46 bits per heavy atom. The van der Waals surface area contributed by atoms with Crippen LogP contribution in [0.1, 0.15) is 16.7 Å². The molecule has 4 aromatic rings. The number of likely N-dealkylation sites (N-methyl/N-ethyl adjacent to an activating group) is 1. The second-order valence-corrected chi connectivity index (χ2v) is 11.5. The van der Waals surface area contributed by atoms with Crippen molar-refractivity contribution in [1.29, 1.82) is 0 Å². The molecule has 0 fully saturated rings. The third kappa shape index (κ3) is 6.83. The fourth-order valence-electron chi connectivity index (χ4n) is 4.63. The normalized spacial score (nSPS) is 12.1. The second kappa shape index (κ2) is 12.1. The molecule has 0 aliphatic carbocycles. The van der Waals surface area contributed by atoms with Crippen LogP contribution in [0.5, 0.6) is 0 Å². The highest BCUT2D eigenvalue weighted by Crippen LogP contribution is 2.29. The Bertz CT molecular complexity index is 1550. The molecular formula is C31H33N3O4S. The number of rotatable bonds is 10. The van der Waals surface area contributed by atoms with Crippen LogP contribution in [-0.2, 0) is 32.6 Å². The van der Waals surface area contributed by atoms with Gasteiger partial charge < -0.3 is 10.2 Å². The van der Waals surface area contributed by atoms with Gasteiger partial charge in [-0.3, -0.25) is 13.9 Å². The lowest BCUT2D eigenvalue weighted by molar-refractivity contribution is -0.139. The molecule has 39 heavy (non-hydrogen) atoms. The number of anilines is 1. The Kier molecular flexibility index (Phi) is 8.66. The van der Waals surface area contributed by atoms with Crippen LogP contribution < -0.4 is 9.62 Å². The van der Waals surface area contributed by atoms with E-state index >= 15 is 0 Å². The zero-order chi connectivity index (χ0) is 28.0. The van der Waals surface area contributed by atoms with Crippen LogP contribution in [0.2, 0.25) is 0 Å². The Morgan fingerprint density at radius 1 is 0.821 bits per heavy atom. The molecule has 4 aromatic carbocycles. The Balaban J connectivity index is 1.76. The van der Waals surface area contributed by atoms with Crippen molar-refractivity contribution in [3.63, 3.8) is 0 Å². The van der Waals surface area contributed by atoms with Crippen molar-refractivity contribution in [2.75, 3.05) is 24.2 Å². The smallest absolute Gasteiger partial charge is 0.244 e. The molecule has 0 saturated heterocycles. The molecule has 2 amide bonds. The molecule has 0 spiro atoms. The summed E-state index contributed by atoms with van der Waals surface area (Å²) in [6.45, 7) is 1.68. The second-order valence-electron chi connectivity index (χ2n) is 9.59. The van der Waals surface area contributed by atoms with Gasteiger partial charge in [0.2, 0.25) is 21.8 Å². The quantitative estimate of drug-likeness (QED) is 0.323. The van der Waals surface area contributed by atoms with Gasteiger partial charge >= 0.3 is 0 Å². The number of benzene rings is 4. The first-order valence-corrected chi connectivity index (χ1v) is 14.6. The number of nitrogens with zero attached hydrogens (tertiary/aromatic N) is 2. The fourth-order valence-corrected chi connectivity index (χ4v) is 5.49. The number of amides is 2. The van der Waals surface area contributed by atoms with Gasteiger partial charge in [0.15, 0.2) is 0 Å². The topological polar surface area (TPSA) is 86.8 Å². The first kappa shape index (κ1) is 27.9. The maximum atomic E-state index is 14.1. The van der Waals surface area contributed by atoms with E-state index in [-0.39, 0.29) is 18.9 Å². The highest BCUT2D eigenvalue weighted by atomic mass is 32.2. The number of aryl methyl sites for hydroxylation is 1. The summed E-state index contributed by atoms with van der Waals surface area (Å²) in [5, 5.41) is 4.27. The van der Waals surface area contributed by atoms with Gasteiger partial charge in [0, 0.05) is 25.4 Å². The zero-order valence-electron chi connectivity index (χ0n) is 22.4. The number of sulfonamides is 1. The van der Waals surface area contributed by atoms with E-state index in [9.17, 15) is 18.0 Å². The van der Waals surface area contributed by atoms with Gasteiger partial charge in [-0.2, -0.15) is 0 Å². The number of nitrogens with one attached hydrogen (secondary N) is 1.